The van der Waals surface area contributed by atoms with Gasteiger partial charge in [-0.3, -0.25) is 9.10 Å². The third-order valence-corrected chi connectivity index (χ3v) is 7.35. The molecule has 4 rings (SSSR count). The summed E-state index contributed by atoms with van der Waals surface area (Å²) < 4.78 is 38.6. The number of nitrogens with one attached hydrogen (secondary N) is 1. The first-order valence-electron chi connectivity index (χ1n) is 12.4. The van der Waals surface area contributed by atoms with Crippen LogP contribution in [-0.2, 0) is 14.8 Å². The summed E-state index contributed by atoms with van der Waals surface area (Å²) in [4.78, 5) is 25.0. The first-order valence-corrected chi connectivity index (χ1v) is 13.8. The summed E-state index contributed by atoms with van der Waals surface area (Å²) in [6, 6.07) is 29.5. The number of esters is 1. The highest BCUT2D eigenvalue weighted by atomic mass is 32.2. The smallest absolute Gasteiger partial charge is 0.343 e. The minimum absolute atomic E-state index is 0.0493. The average Bonchev–Trinajstić information content (AvgIpc) is 2.98. The summed E-state index contributed by atoms with van der Waals surface area (Å²) in [5, 5.41) is 3.95. The Morgan fingerprint density at radius 2 is 1.43 bits per heavy atom. The lowest BCUT2D eigenvalue weighted by molar-refractivity contribution is -0.119. The molecule has 0 radical (unpaired) electrons. The van der Waals surface area contributed by atoms with Crippen molar-refractivity contribution >= 4 is 33.8 Å². The van der Waals surface area contributed by atoms with Gasteiger partial charge in [-0.05, 0) is 85.3 Å². The lowest BCUT2D eigenvalue weighted by atomic mass is 10.2. The molecule has 0 atom stereocenters. The van der Waals surface area contributed by atoms with Crippen molar-refractivity contribution < 1.29 is 27.5 Å². The Balaban J connectivity index is 1.42. The van der Waals surface area contributed by atoms with Gasteiger partial charge in [0, 0.05) is 0 Å². The minimum Gasteiger partial charge on any atom is -0.494 e. The Bertz CT molecular complexity index is 1560. The second-order valence-corrected chi connectivity index (χ2v) is 10.2. The predicted molar refractivity (Wildman–Crippen MR) is 152 cm³/mol. The highest BCUT2D eigenvalue weighted by Gasteiger charge is 2.27. The van der Waals surface area contributed by atoms with E-state index in [2.05, 4.69) is 10.5 Å². The Hall–Kier alpha value is -4.96. The van der Waals surface area contributed by atoms with Crippen molar-refractivity contribution in [1.82, 2.24) is 5.43 Å². The van der Waals surface area contributed by atoms with Crippen molar-refractivity contribution in [2.24, 2.45) is 5.10 Å². The van der Waals surface area contributed by atoms with E-state index in [0.717, 1.165) is 4.31 Å². The highest BCUT2D eigenvalue weighted by molar-refractivity contribution is 7.92. The van der Waals surface area contributed by atoms with E-state index in [1.54, 1.807) is 91.0 Å². The molecule has 0 saturated carbocycles. The van der Waals surface area contributed by atoms with Crippen LogP contribution in [0.5, 0.6) is 11.5 Å². The van der Waals surface area contributed by atoms with E-state index in [1.165, 1.54) is 18.3 Å². The van der Waals surface area contributed by atoms with Crippen LogP contribution in [0, 0.1) is 0 Å². The van der Waals surface area contributed by atoms with Crippen molar-refractivity contribution in [3.8, 4) is 11.5 Å². The molecule has 4 aromatic carbocycles. The summed E-state index contributed by atoms with van der Waals surface area (Å²) in [5.41, 5.74) is 3.73. The van der Waals surface area contributed by atoms with E-state index in [0.29, 0.717) is 34.9 Å². The number of benzene rings is 4. The maximum absolute atomic E-state index is 13.4. The van der Waals surface area contributed by atoms with Gasteiger partial charge in [0.1, 0.15) is 18.0 Å². The number of rotatable bonds is 11. The number of sulfonamides is 1. The van der Waals surface area contributed by atoms with E-state index in [9.17, 15) is 18.0 Å². The van der Waals surface area contributed by atoms with Crippen LogP contribution in [0.15, 0.2) is 119 Å². The molecular formula is C30H27N3O6S. The van der Waals surface area contributed by atoms with E-state index in [1.807, 2.05) is 13.0 Å². The maximum atomic E-state index is 13.4. The van der Waals surface area contributed by atoms with Crippen LogP contribution in [0.2, 0.25) is 0 Å². The molecule has 0 aromatic heterocycles. The van der Waals surface area contributed by atoms with Gasteiger partial charge in [-0.25, -0.2) is 18.6 Å². The fourth-order valence-corrected chi connectivity index (χ4v) is 5.06. The molecule has 10 heteroatoms. The molecule has 1 amide bonds. The predicted octanol–water partition coefficient (Wildman–Crippen LogP) is 4.65. The number of hydrogen-bond acceptors (Lipinski definition) is 7. The molecule has 0 aliphatic carbocycles. The molecule has 40 heavy (non-hydrogen) atoms. The molecule has 0 bridgehead atoms. The van der Waals surface area contributed by atoms with E-state index >= 15 is 0 Å². The van der Waals surface area contributed by atoms with Crippen LogP contribution in [-0.4, -0.2) is 39.7 Å². The Morgan fingerprint density at radius 3 is 2.05 bits per heavy atom. The summed E-state index contributed by atoms with van der Waals surface area (Å²) in [7, 11) is -4.05. The van der Waals surface area contributed by atoms with E-state index in [-0.39, 0.29) is 4.90 Å². The number of carbonyl (C=O) groups is 2. The van der Waals surface area contributed by atoms with Crippen LogP contribution in [0.1, 0.15) is 22.8 Å². The van der Waals surface area contributed by atoms with Crippen LogP contribution >= 0.6 is 0 Å². The van der Waals surface area contributed by atoms with Crippen LogP contribution < -0.4 is 19.2 Å². The standard InChI is InChI=1S/C30H27N3O6S/c1-2-38-26-19-15-25(16-20-26)33(40(36,37)28-11-7-4-8-12-28)22-29(34)32-31-21-23-13-17-27(18-14-23)39-30(35)24-9-5-3-6-10-24/h3-21H,2,22H2,1H3,(H,32,34)/b31-21-. The lowest BCUT2D eigenvalue weighted by Crippen LogP contribution is -2.39. The van der Waals surface area contributed by atoms with Crippen LogP contribution in [0.3, 0.4) is 0 Å². The molecule has 0 aliphatic rings. The van der Waals surface area contributed by atoms with Gasteiger partial charge in [0.2, 0.25) is 0 Å². The Labute approximate surface area is 232 Å². The lowest BCUT2D eigenvalue weighted by Gasteiger charge is -2.24. The van der Waals surface area contributed by atoms with Crippen molar-refractivity contribution in [2.75, 3.05) is 17.5 Å². The SMILES string of the molecule is CCOc1ccc(N(CC(=O)N/N=C\c2ccc(OC(=O)c3ccccc3)cc2)S(=O)(=O)c2ccccc2)cc1. The average molecular weight is 558 g/mol. The van der Waals surface area contributed by atoms with Gasteiger partial charge in [0.15, 0.2) is 0 Å². The number of amides is 1. The third-order valence-electron chi connectivity index (χ3n) is 5.56. The molecule has 0 fully saturated rings. The molecule has 0 spiro atoms. The second kappa shape index (κ2) is 13.2. The van der Waals surface area contributed by atoms with Gasteiger partial charge in [-0.15, -0.1) is 0 Å². The van der Waals surface area contributed by atoms with E-state index in [4.69, 9.17) is 9.47 Å². The number of hydrogen-bond donors (Lipinski definition) is 1. The second-order valence-electron chi connectivity index (χ2n) is 8.37. The monoisotopic (exact) mass is 557 g/mol. The normalized spacial score (nSPS) is 11.1. The molecular weight excluding hydrogens is 530 g/mol. The van der Waals surface area contributed by atoms with Gasteiger partial charge in [-0.1, -0.05) is 36.4 Å². The molecule has 0 saturated heterocycles. The summed E-state index contributed by atoms with van der Waals surface area (Å²) in [6.07, 6.45) is 1.40. The molecule has 9 nitrogen and oxygen atoms in total. The zero-order chi connectivity index (χ0) is 28.4. The van der Waals surface area contributed by atoms with Crippen LogP contribution in [0.4, 0.5) is 5.69 Å². The van der Waals surface area contributed by atoms with Gasteiger partial charge in [0.25, 0.3) is 15.9 Å². The topological polar surface area (TPSA) is 114 Å². The van der Waals surface area contributed by atoms with Gasteiger partial charge >= 0.3 is 5.97 Å². The zero-order valence-corrected chi connectivity index (χ0v) is 22.5. The molecule has 204 valence electrons. The number of nitrogens with zero attached hydrogens (tertiary/aromatic N) is 2. The van der Waals surface area contributed by atoms with Crippen molar-refractivity contribution in [3.05, 3.63) is 120 Å². The molecule has 4 aromatic rings. The highest BCUT2D eigenvalue weighted by Crippen LogP contribution is 2.25. The summed E-state index contributed by atoms with van der Waals surface area (Å²) in [6.45, 7) is 1.81. The first-order chi connectivity index (χ1) is 19.4. The van der Waals surface area contributed by atoms with Crippen molar-refractivity contribution in [1.29, 1.82) is 0 Å². The zero-order valence-electron chi connectivity index (χ0n) is 21.6. The third kappa shape index (κ3) is 7.33. The number of hydrazone groups is 1. The number of ether oxygens (including phenoxy) is 2. The molecule has 0 unspecified atom stereocenters. The van der Waals surface area contributed by atoms with E-state index < -0.39 is 28.4 Å². The summed E-state index contributed by atoms with van der Waals surface area (Å²) >= 11 is 0. The van der Waals surface area contributed by atoms with Gasteiger partial charge in [-0.2, -0.15) is 5.10 Å². The van der Waals surface area contributed by atoms with Crippen LogP contribution in [0.25, 0.3) is 0 Å². The Kier molecular flexibility index (Phi) is 9.27. The fraction of sp³-hybridized carbons (Fsp3) is 0.100. The summed E-state index contributed by atoms with van der Waals surface area (Å²) in [5.74, 6) is -0.180. The first kappa shape index (κ1) is 28.1. The molecule has 0 heterocycles. The van der Waals surface area contributed by atoms with Crippen molar-refractivity contribution in [2.45, 2.75) is 11.8 Å². The minimum atomic E-state index is -4.05. The Morgan fingerprint density at radius 1 is 0.825 bits per heavy atom. The van der Waals surface area contributed by atoms with Gasteiger partial charge in [0.05, 0.1) is 29.0 Å². The quantitative estimate of drug-likeness (QED) is 0.124. The van der Waals surface area contributed by atoms with Crippen molar-refractivity contribution in [3.63, 3.8) is 0 Å². The largest absolute Gasteiger partial charge is 0.494 e. The number of carbonyl (C=O) groups excluding carboxylic acids is 2. The fourth-order valence-electron chi connectivity index (χ4n) is 3.62. The van der Waals surface area contributed by atoms with Gasteiger partial charge < -0.3 is 9.47 Å². The maximum Gasteiger partial charge on any atom is 0.343 e. The number of anilines is 1. The molecule has 0 aliphatic heterocycles. The molecule has 1 N–H and O–H groups in total.